The van der Waals surface area contributed by atoms with Gasteiger partial charge in [-0.05, 0) is 31.0 Å². The van der Waals surface area contributed by atoms with Crippen molar-refractivity contribution in [3.05, 3.63) is 29.8 Å². The summed E-state index contributed by atoms with van der Waals surface area (Å²) in [6, 6.07) is 8.30. The fourth-order valence-electron chi connectivity index (χ4n) is 1.22. The maximum Gasteiger partial charge on any atom is 0.0793 e. The van der Waals surface area contributed by atoms with Crippen LogP contribution in [0, 0.1) is 0 Å². The Kier molecular flexibility index (Phi) is 6.69. The first-order chi connectivity index (χ1) is 7.77. The Morgan fingerprint density at radius 3 is 2.62 bits per heavy atom. The SMILES string of the molecule is COC(C)c1ccc(NSCCCCl)cc1. The first-order valence-electron chi connectivity index (χ1n) is 5.34. The summed E-state index contributed by atoms with van der Waals surface area (Å²) in [4.78, 5) is 0. The summed E-state index contributed by atoms with van der Waals surface area (Å²) >= 11 is 7.29. The zero-order chi connectivity index (χ0) is 11.8. The van der Waals surface area contributed by atoms with Gasteiger partial charge in [0.1, 0.15) is 0 Å². The molecule has 0 saturated heterocycles. The summed E-state index contributed by atoms with van der Waals surface area (Å²) in [7, 11) is 1.72. The molecule has 1 aromatic carbocycles. The van der Waals surface area contributed by atoms with Crippen LogP contribution in [0.3, 0.4) is 0 Å². The maximum atomic E-state index is 5.60. The van der Waals surface area contributed by atoms with Crippen molar-refractivity contribution in [2.45, 2.75) is 19.4 Å². The Hall–Kier alpha value is -0.380. The van der Waals surface area contributed by atoms with Crippen molar-refractivity contribution in [1.29, 1.82) is 0 Å². The molecule has 1 N–H and O–H groups in total. The van der Waals surface area contributed by atoms with Crippen LogP contribution < -0.4 is 4.72 Å². The Morgan fingerprint density at radius 1 is 1.38 bits per heavy atom. The smallest absolute Gasteiger partial charge is 0.0793 e. The van der Waals surface area contributed by atoms with Crippen LogP contribution in [0.4, 0.5) is 5.69 Å². The number of methoxy groups -OCH3 is 1. The Bertz CT molecular complexity index is 292. The first kappa shape index (κ1) is 13.7. The van der Waals surface area contributed by atoms with Gasteiger partial charge in [0.25, 0.3) is 0 Å². The third-order valence-corrected chi connectivity index (χ3v) is 3.44. The molecule has 0 amide bonds. The standard InChI is InChI=1S/C12H18ClNOS/c1-10(15-2)11-4-6-12(7-5-11)14-16-9-3-8-13/h4-7,10,14H,3,8-9H2,1-2H3. The van der Waals surface area contributed by atoms with E-state index in [2.05, 4.69) is 29.0 Å². The van der Waals surface area contributed by atoms with E-state index in [-0.39, 0.29) is 6.10 Å². The van der Waals surface area contributed by atoms with Crippen LogP contribution >= 0.6 is 23.5 Å². The van der Waals surface area contributed by atoms with Crippen LogP contribution in [-0.2, 0) is 4.74 Å². The molecule has 4 heteroatoms. The minimum absolute atomic E-state index is 0.151. The second kappa shape index (κ2) is 7.82. The summed E-state index contributed by atoms with van der Waals surface area (Å²) < 4.78 is 8.53. The lowest BCUT2D eigenvalue weighted by Gasteiger charge is -2.11. The van der Waals surface area contributed by atoms with E-state index in [1.807, 2.05) is 6.92 Å². The van der Waals surface area contributed by atoms with Gasteiger partial charge in [-0.3, -0.25) is 0 Å². The van der Waals surface area contributed by atoms with Gasteiger partial charge < -0.3 is 9.46 Å². The van der Waals surface area contributed by atoms with Gasteiger partial charge in [0.2, 0.25) is 0 Å². The average Bonchev–Trinajstić information content (AvgIpc) is 2.34. The molecule has 0 bridgehead atoms. The molecule has 0 fully saturated rings. The van der Waals surface area contributed by atoms with Gasteiger partial charge in [-0.2, -0.15) is 0 Å². The molecule has 0 aliphatic carbocycles. The number of nitrogens with one attached hydrogen (secondary N) is 1. The van der Waals surface area contributed by atoms with Gasteiger partial charge >= 0.3 is 0 Å². The van der Waals surface area contributed by atoms with Crippen molar-refractivity contribution in [3.8, 4) is 0 Å². The van der Waals surface area contributed by atoms with Crippen LogP contribution in [0.5, 0.6) is 0 Å². The van der Waals surface area contributed by atoms with Crippen LogP contribution in [0.2, 0.25) is 0 Å². The van der Waals surface area contributed by atoms with E-state index in [9.17, 15) is 0 Å². The number of halogens is 1. The van der Waals surface area contributed by atoms with Gasteiger partial charge in [-0.1, -0.05) is 24.1 Å². The quantitative estimate of drug-likeness (QED) is 0.453. The Morgan fingerprint density at radius 2 is 2.06 bits per heavy atom. The topological polar surface area (TPSA) is 21.3 Å². The second-order valence-corrected chi connectivity index (χ2v) is 4.77. The molecule has 0 saturated carbocycles. The van der Waals surface area contributed by atoms with Crippen molar-refractivity contribution in [1.82, 2.24) is 0 Å². The summed E-state index contributed by atoms with van der Waals surface area (Å²) in [6.07, 6.45) is 1.18. The largest absolute Gasteiger partial charge is 0.377 e. The van der Waals surface area contributed by atoms with Crippen molar-refractivity contribution >= 4 is 29.2 Å². The van der Waals surface area contributed by atoms with Crippen molar-refractivity contribution in [2.24, 2.45) is 0 Å². The predicted molar refractivity (Wildman–Crippen MR) is 73.3 cm³/mol. The maximum absolute atomic E-state index is 5.60. The summed E-state index contributed by atoms with van der Waals surface area (Å²) in [5, 5.41) is 0. The minimum Gasteiger partial charge on any atom is -0.377 e. The van der Waals surface area contributed by atoms with Crippen LogP contribution in [0.25, 0.3) is 0 Å². The van der Waals surface area contributed by atoms with E-state index in [1.54, 1.807) is 19.1 Å². The molecule has 0 aromatic heterocycles. The predicted octanol–water partition coefficient (Wildman–Crippen LogP) is 4.08. The lowest BCUT2D eigenvalue weighted by atomic mass is 10.1. The molecule has 0 aliphatic heterocycles. The number of anilines is 1. The molecule has 2 nitrogen and oxygen atoms in total. The van der Waals surface area contributed by atoms with E-state index in [4.69, 9.17) is 16.3 Å². The second-order valence-electron chi connectivity index (χ2n) is 3.49. The summed E-state index contributed by atoms with van der Waals surface area (Å²) in [5.74, 6) is 1.75. The zero-order valence-corrected chi connectivity index (χ0v) is 11.3. The molecule has 0 heterocycles. The number of rotatable bonds is 7. The number of hydrogen-bond donors (Lipinski definition) is 1. The molecule has 1 atom stereocenters. The van der Waals surface area contributed by atoms with Crippen LogP contribution in [0.1, 0.15) is 25.0 Å². The molecular weight excluding hydrogens is 242 g/mol. The monoisotopic (exact) mass is 259 g/mol. The van der Waals surface area contributed by atoms with E-state index in [0.717, 1.165) is 23.7 Å². The minimum atomic E-state index is 0.151. The summed E-state index contributed by atoms with van der Waals surface area (Å²) in [6.45, 7) is 2.04. The molecule has 16 heavy (non-hydrogen) atoms. The van der Waals surface area contributed by atoms with Gasteiger partial charge in [0.05, 0.1) is 6.10 Å². The molecule has 1 aromatic rings. The molecule has 90 valence electrons. The van der Waals surface area contributed by atoms with E-state index < -0.39 is 0 Å². The Labute approximate surface area is 107 Å². The number of ether oxygens (including phenoxy) is 1. The fourth-order valence-corrected chi connectivity index (χ4v) is 2.20. The molecule has 1 unspecified atom stereocenters. The van der Waals surface area contributed by atoms with Crippen LogP contribution in [-0.4, -0.2) is 18.7 Å². The third kappa shape index (κ3) is 4.64. The normalized spacial score (nSPS) is 12.4. The number of benzene rings is 1. The molecule has 1 rings (SSSR count). The number of hydrogen-bond acceptors (Lipinski definition) is 3. The lowest BCUT2D eigenvalue weighted by molar-refractivity contribution is 0.119. The van der Waals surface area contributed by atoms with Gasteiger partial charge in [0, 0.05) is 24.4 Å². The fraction of sp³-hybridized carbons (Fsp3) is 0.500. The van der Waals surface area contributed by atoms with Gasteiger partial charge in [0.15, 0.2) is 0 Å². The highest BCUT2D eigenvalue weighted by molar-refractivity contribution is 8.00. The third-order valence-electron chi connectivity index (χ3n) is 2.30. The Balaban J connectivity index is 2.39. The average molecular weight is 260 g/mol. The van der Waals surface area contributed by atoms with E-state index in [1.165, 1.54) is 5.56 Å². The van der Waals surface area contributed by atoms with Crippen molar-refractivity contribution < 1.29 is 4.74 Å². The zero-order valence-electron chi connectivity index (χ0n) is 9.70. The van der Waals surface area contributed by atoms with Crippen LogP contribution in [0.15, 0.2) is 24.3 Å². The highest BCUT2D eigenvalue weighted by Crippen LogP contribution is 2.20. The molecular formula is C12H18ClNOS. The molecule has 0 spiro atoms. The molecule has 0 aliphatic rings. The molecule has 0 radical (unpaired) electrons. The van der Waals surface area contributed by atoms with Crippen molar-refractivity contribution in [2.75, 3.05) is 23.5 Å². The van der Waals surface area contributed by atoms with Crippen molar-refractivity contribution in [3.63, 3.8) is 0 Å². The number of alkyl halides is 1. The first-order valence-corrected chi connectivity index (χ1v) is 6.86. The lowest BCUT2D eigenvalue weighted by Crippen LogP contribution is -1.96. The van der Waals surface area contributed by atoms with Gasteiger partial charge in [-0.15, -0.1) is 11.6 Å². The summed E-state index contributed by atoms with van der Waals surface area (Å²) in [5.41, 5.74) is 2.31. The highest BCUT2D eigenvalue weighted by Gasteiger charge is 2.02. The van der Waals surface area contributed by atoms with E-state index >= 15 is 0 Å². The van der Waals surface area contributed by atoms with E-state index in [0.29, 0.717) is 0 Å². The highest BCUT2D eigenvalue weighted by atomic mass is 35.5. The van der Waals surface area contributed by atoms with Gasteiger partial charge in [-0.25, -0.2) is 0 Å².